The lowest BCUT2D eigenvalue weighted by Crippen LogP contribution is -2.45. The van der Waals surface area contributed by atoms with Gasteiger partial charge in [-0.15, -0.1) is 11.3 Å². The molecule has 2 N–H and O–H groups in total. The zero-order chi connectivity index (χ0) is 21.0. The van der Waals surface area contributed by atoms with Gasteiger partial charge in [-0.3, -0.25) is 0 Å². The maximum atomic E-state index is 14.6. The molecule has 0 radical (unpaired) electrons. The third-order valence-electron chi connectivity index (χ3n) is 5.75. The zero-order valence-corrected chi connectivity index (χ0v) is 21.6. The van der Waals surface area contributed by atoms with E-state index in [0.29, 0.717) is 21.1 Å². The van der Waals surface area contributed by atoms with Crippen molar-refractivity contribution in [3.05, 3.63) is 54.5 Å². The summed E-state index contributed by atoms with van der Waals surface area (Å²) in [4.78, 5) is 0. The molecule has 29 heavy (non-hydrogen) atoms. The Kier molecular flexibility index (Phi) is 6.07. The molecule has 2 aromatic rings. The van der Waals surface area contributed by atoms with Gasteiger partial charge in [-0.1, -0.05) is 28.1 Å². The highest BCUT2D eigenvalue weighted by Gasteiger charge is 2.51. The third kappa shape index (κ3) is 3.78. The predicted molar refractivity (Wildman–Crippen MR) is 126 cm³/mol. The Labute approximate surface area is 198 Å². The van der Waals surface area contributed by atoms with Crippen molar-refractivity contribution < 1.29 is 12.8 Å². The summed E-state index contributed by atoms with van der Waals surface area (Å²) in [6.07, 6.45) is 3.24. The molecule has 4 nitrogen and oxygen atoms in total. The van der Waals surface area contributed by atoms with Gasteiger partial charge in [-0.2, -0.15) is 0 Å². The van der Waals surface area contributed by atoms with Crippen LogP contribution in [-0.4, -0.2) is 21.0 Å². The van der Waals surface area contributed by atoms with E-state index in [9.17, 15) is 12.8 Å². The second kappa shape index (κ2) is 8.02. The number of rotatable bonds is 5. The molecule has 1 saturated carbocycles. The molecular formula is C19H18Br3FN2O2S2. The second-order valence-electron chi connectivity index (χ2n) is 7.31. The molecule has 2 atom stereocenters. The number of fused-ring (bicyclic) bond motifs is 3. The molecule has 0 amide bonds. The number of halogens is 4. The zero-order valence-electron chi connectivity index (χ0n) is 15.2. The van der Waals surface area contributed by atoms with Gasteiger partial charge in [-0.05, 0) is 81.3 Å². The Morgan fingerprint density at radius 1 is 1.31 bits per heavy atom. The predicted octanol–water partition coefficient (Wildman–Crippen LogP) is 6.32. The van der Waals surface area contributed by atoms with Crippen LogP contribution >= 0.6 is 59.1 Å². The van der Waals surface area contributed by atoms with E-state index < -0.39 is 15.4 Å². The number of anilines is 1. The highest BCUT2D eigenvalue weighted by atomic mass is 79.9. The average Bonchev–Trinajstić information content (AvgIpc) is 3.15. The molecule has 0 saturated heterocycles. The Balaban J connectivity index is 1.63. The van der Waals surface area contributed by atoms with Crippen molar-refractivity contribution in [2.24, 2.45) is 0 Å². The second-order valence-corrected chi connectivity index (χ2v) is 13.4. The van der Waals surface area contributed by atoms with E-state index in [-0.39, 0.29) is 22.6 Å². The summed E-state index contributed by atoms with van der Waals surface area (Å²) in [5, 5.41) is 3.35. The minimum absolute atomic E-state index is 0.0112. The molecule has 1 aliphatic heterocycles. The first-order chi connectivity index (χ1) is 13.6. The lowest BCUT2D eigenvalue weighted by Gasteiger charge is -2.42. The summed E-state index contributed by atoms with van der Waals surface area (Å²) in [6.45, 7) is 4.55. The summed E-state index contributed by atoms with van der Waals surface area (Å²) < 4.78 is 45.1. The molecule has 0 spiro atoms. The lowest BCUT2D eigenvalue weighted by molar-refractivity contribution is 0.344. The molecule has 10 heteroatoms. The van der Waals surface area contributed by atoms with Gasteiger partial charge in [0.15, 0.2) is 0 Å². The molecule has 2 aliphatic rings. The van der Waals surface area contributed by atoms with Crippen LogP contribution in [0.5, 0.6) is 0 Å². The van der Waals surface area contributed by atoms with Crippen LogP contribution in [0, 0.1) is 5.82 Å². The summed E-state index contributed by atoms with van der Waals surface area (Å²) in [7, 11) is -3.63. The Morgan fingerprint density at radius 2 is 2.07 bits per heavy atom. The Morgan fingerprint density at radius 3 is 2.76 bits per heavy atom. The fourth-order valence-electron chi connectivity index (χ4n) is 4.45. The largest absolute Gasteiger partial charge is 0.378 e. The molecule has 156 valence electrons. The normalized spacial score (nSPS) is 23.6. The van der Waals surface area contributed by atoms with Crippen molar-refractivity contribution in [2.45, 2.75) is 41.3 Å². The van der Waals surface area contributed by atoms with Crippen LogP contribution in [0.4, 0.5) is 10.1 Å². The van der Waals surface area contributed by atoms with E-state index in [1.165, 1.54) is 6.07 Å². The fraction of sp³-hybridized carbons (Fsp3) is 0.368. The monoisotopic (exact) mass is 626 g/mol. The van der Waals surface area contributed by atoms with E-state index in [4.69, 9.17) is 0 Å². The van der Waals surface area contributed by atoms with Crippen LogP contribution in [0.25, 0.3) is 0 Å². The first-order valence-corrected chi connectivity index (χ1v) is 13.7. The maximum Gasteiger partial charge on any atom is 0.250 e. The van der Waals surface area contributed by atoms with Gasteiger partial charge in [0.25, 0.3) is 0 Å². The number of nitrogens with one attached hydrogen (secondary N) is 2. The van der Waals surface area contributed by atoms with Crippen LogP contribution in [0.1, 0.15) is 31.2 Å². The van der Waals surface area contributed by atoms with E-state index in [0.717, 1.165) is 45.5 Å². The number of sulfonamides is 1. The molecule has 1 aliphatic carbocycles. The SMILES string of the molecule is C=C1CCCC2Nc3c(F)cc(Br)cc3C12CCNS(=O)(=O)c1cc(Br)c(Br)s1. The van der Waals surface area contributed by atoms with Gasteiger partial charge in [0.05, 0.1) is 9.47 Å². The summed E-state index contributed by atoms with van der Waals surface area (Å²) in [5.41, 5.74) is 1.91. The summed E-state index contributed by atoms with van der Waals surface area (Å²) in [5.74, 6) is -0.301. The van der Waals surface area contributed by atoms with Gasteiger partial charge in [0.2, 0.25) is 10.0 Å². The third-order valence-corrected chi connectivity index (χ3v) is 11.4. The van der Waals surface area contributed by atoms with Crippen LogP contribution in [0.3, 0.4) is 0 Å². The minimum Gasteiger partial charge on any atom is -0.378 e. The molecule has 1 aromatic carbocycles. The van der Waals surface area contributed by atoms with E-state index >= 15 is 0 Å². The van der Waals surface area contributed by atoms with Gasteiger partial charge >= 0.3 is 0 Å². The highest BCUT2D eigenvalue weighted by molar-refractivity contribution is 9.13. The van der Waals surface area contributed by atoms with Crippen LogP contribution in [-0.2, 0) is 15.4 Å². The average molecular weight is 629 g/mol. The van der Waals surface area contributed by atoms with Gasteiger partial charge in [-0.25, -0.2) is 17.5 Å². The van der Waals surface area contributed by atoms with Crippen molar-refractivity contribution in [1.82, 2.24) is 4.72 Å². The first kappa shape index (κ1) is 22.0. The molecule has 1 fully saturated rings. The van der Waals surface area contributed by atoms with Crippen molar-refractivity contribution in [1.29, 1.82) is 0 Å². The molecule has 0 bridgehead atoms. The van der Waals surface area contributed by atoms with Crippen molar-refractivity contribution in [3.63, 3.8) is 0 Å². The van der Waals surface area contributed by atoms with Crippen LogP contribution in [0.2, 0.25) is 0 Å². The molecule has 2 heterocycles. The van der Waals surface area contributed by atoms with Crippen LogP contribution in [0.15, 0.2) is 47.3 Å². The fourth-order valence-corrected chi connectivity index (χ4v) is 8.78. The standard InChI is InChI=1S/C19H18Br3FN2O2S2/c1-10-3-2-4-15-19(10,12-7-11(20)8-14(23)17(12)25-15)5-6-24-29(26,27)16-9-13(21)18(22)28-16/h7-9,15,24-25H,1-6H2. The summed E-state index contributed by atoms with van der Waals surface area (Å²) >= 11 is 11.2. The number of hydrogen-bond donors (Lipinski definition) is 2. The van der Waals surface area contributed by atoms with Crippen molar-refractivity contribution in [3.8, 4) is 0 Å². The van der Waals surface area contributed by atoms with Gasteiger partial charge in [0.1, 0.15) is 10.0 Å². The van der Waals surface area contributed by atoms with E-state index in [1.54, 1.807) is 6.07 Å². The van der Waals surface area contributed by atoms with E-state index in [2.05, 4.69) is 64.4 Å². The smallest absolute Gasteiger partial charge is 0.250 e. The lowest BCUT2D eigenvalue weighted by atomic mass is 9.63. The van der Waals surface area contributed by atoms with Crippen molar-refractivity contribution >= 4 is 74.8 Å². The van der Waals surface area contributed by atoms with Crippen molar-refractivity contribution in [2.75, 3.05) is 11.9 Å². The first-order valence-electron chi connectivity index (χ1n) is 9.04. The molecular weight excluding hydrogens is 611 g/mol. The van der Waals surface area contributed by atoms with Crippen LogP contribution < -0.4 is 10.0 Å². The molecule has 4 rings (SSSR count). The topological polar surface area (TPSA) is 58.2 Å². The summed E-state index contributed by atoms with van der Waals surface area (Å²) in [6, 6.07) is 4.98. The number of thiophene rings is 1. The minimum atomic E-state index is -3.63. The van der Waals surface area contributed by atoms with E-state index in [1.807, 2.05) is 6.07 Å². The molecule has 2 unspecified atom stereocenters. The number of benzene rings is 1. The molecule has 1 aromatic heterocycles. The quantitative estimate of drug-likeness (QED) is 0.382. The highest BCUT2D eigenvalue weighted by Crippen LogP contribution is 2.54. The maximum absolute atomic E-state index is 14.6. The number of hydrogen-bond acceptors (Lipinski definition) is 4. The van der Waals surface area contributed by atoms with Gasteiger partial charge in [0, 0.05) is 26.9 Å². The Bertz CT molecular complexity index is 1080. The Hall–Kier alpha value is -0.260. The van der Waals surface area contributed by atoms with Gasteiger partial charge < -0.3 is 5.32 Å².